The van der Waals surface area contributed by atoms with Gasteiger partial charge in [-0.05, 0) is 6.42 Å². The number of aliphatic hydroxyl groups excluding tert-OH is 2. The van der Waals surface area contributed by atoms with E-state index in [-0.39, 0.29) is 6.61 Å². The van der Waals surface area contributed by atoms with Crippen LogP contribution in [0.25, 0.3) is 0 Å². The molecule has 0 rings (SSSR count). The average molecular weight is 244 g/mol. The van der Waals surface area contributed by atoms with Gasteiger partial charge in [0.15, 0.2) is 0 Å². The molecule has 0 heterocycles. The number of aliphatic hydroxyl groups is 2. The predicted molar refractivity (Wildman–Crippen MR) is 73.1 cm³/mol. The van der Waals surface area contributed by atoms with Gasteiger partial charge in [0.25, 0.3) is 0 Å². The number of unbranched alkanes of at least 4 members (excludes halogenated alkanes) is 3. The van der Waals surface area contributed by atoms with Gasteiger partial charge in [-0.2, -0.15) is 0 Å². The van der Waals surface area contributed by atoms with Gasteiger partial charge in [-0.3, -0.25) is 0 Å². The summed E-state index contributed by atoms with van der Waals surface area (Å²) in [4.78, 5) is 0. The van der Waals surface area contributed by atoms with Crippen LogP contribution in [0, 0.1) is 0 Å². The Balaban J connectivity index is 0. The summed E-state index contributed by atoms with van der Waals surface area (Å²) < 4.78 is 4.90. The van der Waals surface area contributed by atoms with E-state index in [1.54, 1.807) is 12.2 Å². The van der Waals surface area contributed by atoms with E-state index in [0.29, 0.717) is 13.2 Å². The van der Waals surface area contributed by atoms with Crippen LogP contribution in [0.3, 0.4) is 0 Å². The minimum Gasteiger partial charge on any atom is -0.394 e. The number of hydrogen-bond acceptors (Lipinski definition) is 3. The maximum Gasteiger partial charge on any atom is 0.0770 e. The fourth-order valence-corrected chi connectivity index (χ4v) is 1.13. The van der Waals surface area contributed by atoms with Crippen molar-refractivity contribution in [1.29, 1.82) is 0 Å². The summed E-state index contributed by atoms with van der Waals surface area (Å²) in [5.41, 5.74) is 0. The molecule has 0 aromatic heterocycles. The lowest BCUT2D eigenvalue weighted by Gasteiger charge is -2.04. The van der Waals surface area contributed by atoms with Crippen LogP contribution in [0.15, 0.2) is 25.3 Å². The Morgan fingerprint density at radius 3 is 2.12 bits per heavy atom. The van der Waals surface area contributed by atoms with E-state index in [0.717, 1.165) is 12.8 Å². The molecule has 0 aromatic rings. The molecule has 102 valence electrons. The topological polar surface area (TPSA) is 49.7 Å². The zero-order valence-electron chi connectivity index (χ0n) is 11.1. The Morgan fingerprint density at radius 1 is 1.12 bits per heavy atom. The van der Waals surface area contributed by atoms with Crippen molar-refractivity contribution in [3.05, 3.63) is 25.3 Å². The highest BCUT2D eigenvalue weighted by molar-refractivity contribution is 4.68. The highest BCUT2D eigenvalue weighted by Crippen LogP contribution is 2.04. The number of ether oxygens (including phenoxy) is 1. The lowest BCUT2D eigenvalue weighted by Crippen LogP contribution is -2.10. The highest BCUT2D eigenvalue weighted by Gasteiger charge is 1.99. The molecule has 0 radical (unpaired) electrons. The largest absolute Gasteiger partial charge is 0.394 e. The lowest BCUT2D eigenvalue weighted by molar-refractivity contribution is 0.0860. The third-order valence-corrected chi connectivity index (χ3v) is 2.07. The molecule has 0 aromatic carbocycles. The van der Waals surface area contributed by atoms with Crippen LogP contribution < -0.4 is 0 Å². The second kappa shape index (κ2) is 17.7. The summed E-state index contributed by atoms with van der Waals surface area (Å²) in [6.07, 6.45) is 8.34. The molecule has 1 unspecified atom stereocenters. The SMILES string of the molecule is C=CCOCC=C.CCCCCCC(O)CO. The molecule has 0 aliphatic rings. The molecule has 0 saturated carbocycles. The number of rotatable bonds is 10. The molecule has 0 saturated heterocycles. The van der Waals surface area contributed by atoms with Gasteiger partial charge >= 0.3 is 0 Å². The quantitative estimate of drug-likeness (QED) is 0.459. The minimum atomic E-state index is -0.489. The van der Waals surface area contributed by atoms with Crippen molar-refractivity contribution < 1.29 is 14.9 Å². The fourth-order valence-electron chi connectivity index (χ4n) is 1.13. The monoisotopic (exact) mass is 244 g/mol. The maximum absolute atomic E-state index is 8.91. The van der Waals surface area contributed by atoms with Crippen molar-refractivity contribution in [2.24, 2.45) is 0 Å². The van der Waals surface area contributed by atoms with Crippen LogP contribution >= 0.6 is 0 Å². The summed E-state index contributed by atoms with van der Waals surface area (Å²) in [6.45, 7) is 10.2. The first-order chi connectivity index (χ1) is 8.22. The molecule has 17 heavy (non-hydrogen) atoms. The van der Waals surface area contributed by atoms with Gasteiger partial charge in [-0.15, -0.1) is 13.2 Å². The molecule has 3 nitrogen and oxygen atoms in total. The molecule has 0 spiro atoms. The highest BCUT2D eigenvalue weighted by atomic mass is 16.5. The normalized spacial score (nSPS) is 11.2. The Hall–Kier alpha value is -0.640. The maximum atomic E-state index is 8.91. The molecule has 2 N–H and O–H groups in total. The molecule has 0 fully saturated rings. The second-order valence-electron chi connectivity index (χ2n) is 3.80. The van der Waals surface area contributed by atoms with Crippen molar-refractivity contribution in [3.63, 3.8) is 0 Å². The summed E-state index contributed by atoms with van der Waals surface area (Å²) in [5, 5.41) is 17.3. The number of hydrogen-bond donors (Lipinski definition) is 2. The zero-order chi connectivity index (χ0) is 13.4. The van der Waals surface area contributed by atoms with Crippen LogP contribution in [0.4, 0.5) is 0 Å². The van der Waals surface area contributed by atoms with Crippen LogP contribution in [0.2, 0.25) is 0 Å². The van der Waals surface area contributed by atoms with Crippen molar-refractivity contribution in [2.75, 3.05) is 19.8 Å². The first-order valence-electron chi connectivity index (χ1n) is 6.31. The molecule has 0 aliphatic heterocycles. The van der Waals surface area contributed by atoms with Crippen molar-refractivity contribution in [1.82, 2.24) is 0 Å². The third-order valence-electron chi connectivity index (χ3n) is 2.07. The van der Waals surface area contributed by atoms with Crippen LogP contribution in [-0.2, 0) is 4.74 Å². The Labute approximate surface area is 106 Å². The Morgan fingerprint density at radius 2 is 1.71 bits per heavy atom. The van der Waals surface area contributed by atoms with Crippen LogP contribution in [0.1, 0.15) is 39.0 Å². The van der Waals surface area contributed by atoms with Crippen molar-refractivity contribution in [2.45, 2.75) is 45.1 Å². The summed E-state index contributed by atoms with van der Waals surface area (Å²) in [7, 11) is 0. The van der Waals surface area contributed by atoms with Gasteiger partial charge in [0, 0.05) is 0 Å². The van der Waals surface area contributed by atoms with Gasteiger partial charge in [-0.1, -0.05) is 44.8 Å². The first kappa shape index (κ1) is 18.7. The van der Waals surface area contributed by atoms with Crippen LogP contribution in [-0.4, -0.2) is 36.1 Å². The van der Waals surface area contributed by atoms with Crippen molar-refractivity contribution in [3.8, 4) is 0 Å². The van der Waals surface area contributed by atoms with Gasteiger partial charge in [0.1, 0.15) is 0 Å². The van der Waals surface area contributed by atoms with E-state index in [2.05, 4.69) is 20.1 Å². The smallest absolute Gasteiger partial charge is 0.0770 e. The van der Waals surface area contributed by atoms with E-state index in [1.165, 1.54) is 19.3 Å². The molecule has 3 heteroatoms. The van der Waals surface area contributed by atoms with Gasteiger partial charge in [0.05, 0.1) is 25.9 Å². The third kappa shape index (κ3) is 21.2. The molecule has 0 amide bonds. The van der Waals surface area contributed by atoms with Crippen molar-refractivity contribution >= 4 is 0 Å². The Kier molecular flexibility index (Phi) is 19.5. The summed E-state index contributed by atoms with van der Waals surface area (Å²) in [6, 6.07) is 0. The second-order valence-corrected chi connectivity index (χ2v) is 3.80. The van der Waals surface area contributed by atoms with Crippen LogP contribution in [0.5, 0.6) is 0 Å². The lowest BCUT2D eigenvalue weighted by atomic mass is 10.1. The van der Waals surface area contributed by atoms with E-state index in [4.69, 9.17) is 14.9 Å². The van der Waals surface area contributed by atoms with Gasteiger partial charge in [0.2, 0.25) is 0 Å². The van der Waals surface area contributed by atoms with Gasteiger partial charge < -0.3 is 14.9 Å². The fraction of sp³-hybridized carbons (Fsp3) is 0.714. The van der Waals surface area contributed by atoms with E-state index in [9.17, 15) is 0 Å². The van der Waals surface area contributed by atoms with Gasteiger partial charge in [-0.25, -0.2) is 0 Å². The summed E-state index contributed by atoms with van der Waals surface area (Å²) >= 11 is 0. The first-order valence-corrected chi connectivity index (χ1v) is 6.31. The zero-order valence-corrected chi connectivity index (χ0v) is 11.1. The minimum absolute atomic E-state index is 0.0911. The predicted octanol–water partition coefficient (Wildman–Crippen LogP) is 2.69. The molecular formula is C14H28O3. The summed E-state index contributed by atoms with van der Waals surface area (Å²) in [5.74, 6) is 0. The van der Waals surface area contributed by atoms with E-state index >= 15 is 0 Å². The molecule has 1 atom stereocenters. The average Bonchev–Trinajstić information content (AvgIpc) is 2.36. The molecule has 0 aliphatic carbocycles. The van der Waals surface area contributed by atoms with E-state index in [1.807, 2.05) is 0 Å². The van der Waals surface area contributed by atoms with E-state index < -0.39 is 6.10 Å². The molecule has 0 bridgehead atoms. The Bertz CT molecular complexity index is 150. The standard InChI is InChI=1S/C8H18O2.C6H10O/c1-2-3-4-5-6-8(10)7-9;1-3-5-7-6-4-2/h8-10H,2-7H2,1H3;3-4H,1-2,5-6H2. The molecular weight excluding hydrogens is 216 g/mol.